The highest BCUT2D eigenvalue weighted by atomic mass is 14.8. The van der Waals surface area contributed by atoms with Gasteiger partial charge in [0.1, 0.15) is 0 Å². The van der Waals surface area contributed by atoms with Crippen LogP contribution >= 0.6 is 0 Å². The molecule has 0 aromatic rings. The third-order valence-corrected chi connectivity index (χ3v) is 2.08. The molecule has 2 heteroatoms. The summed E-state index contributed by atoms with van der Waals surface area (Å²) in [4.78, 5) is 0. The minimum Gasteiger partial charge on any atom is -0.387 e. The van der Waals surface area contributed by atoms with Crippen molar-refractivity contribution >= 4 is 0 Å². The summed E-state index contributed by atoms with van der Waals surface area (Å²) >= 11 is 0. The van der Waals surface area contributed by atoms with Gasteiger partial charge in [-0.05, 0) is 30.2 Å². The van der Waals surface area contributed by atoms with E-state index >= 15 is 0 Å². The van der Waals surface area contributed by atoms with Gasteiger partial charge in [-0.25, -0.2) is 0 Å². The fraction of sp³-hybridized carbons (Fsp3) is 0.500. The zero-order valence-corrected chi connectivity index (χ0v) is 7.59. The van der Waals surface area contributed by atoms with Crippen molar-refractivity contribution in [1.29, 1.82) is 5.26 Å². The molecule has 0 saturated heterocycles. The van der Waals surface area contributed by atoms with Gasteiger partial charge in [0.2, 0.25) is 0 Å². The lowest BCUT2D eigenvalue weighted by Gasteiger charge is -2.17. The molecular weight excluding hydrogens is 148 g/mol. The van der Waals surface area contributed by atoms with E-state index in [0.29, 0.717) is 12.3 Å². The smallest absolute Gasteiger partial charge is 0.0627 e. The van der Waals surface area contributed by atoms with Crippen LogP contribution in [-0.4, -0.2) is 6.54 Å². The maximum atomic E-state index is 8.52. The molecule has 0 bridgehead atoms. The van der Waals surface area contributed by atoms with Crippen molar-refractivity contribution in [3.63, 3.8) is 0 Å². The standard InChI is InChI=1S/C10H14N2/c1-8-5-10(7-12-6-8)9(2)3-4-11/h5-6,9,12H,3,7H2,1-2H3. The molecule has 64 valence electrons. The summed E-state index contributed by atoms with van der Waals surface area (Å²) in [5, 5.41) is 11.7. The van der Waals surface area contributed by atoms with Crippen molar-refractivity contribution in [2.24, 2.45) is 5.92 Å². The number of hydrogen-bond acceptors (Lipinski definition) is 2. The van der Waals surface area contributed by atoms with Gasteiger partial charge in [-0.2, -0.15) is 5.26 Å². The summed E-state index contributed by atoms with van der Waals surface area (Å²) in [5.74, 6) is 0.381. The van der Waals surface area contributed by atoms with Crippen molar-refractivity contribution in [3.8, 4) is 6.07 Å². The second-order valence-electron chi connectivity index (χ2n) is 3.25. The Morgan fingerprint density at radius 2 is 2.50 bits per heavy atom. The molecule has 1 aliphatic heterocycles. The second-order valence-corrected chi connectivity index (χ2v) is 3.25. The van der Waals surface area contributed by atoms with Crippen LogP contribution in [0.2, 0.25) is 0 Å². The predicted molar refractivity (Wildman–Crippen MR) is 49.2 cm³/mol. The quantitative estimate of drug-likeness (QED) is 0.673. The van der Waals surface area contributed by atoms with Gasteiger partial charge in [-0.3, -0.25) is 0 Å². The molecule has 0 amide bonds. The summed E-state index contributed by atoms with van der Waals surface area (Å²) in [7, 11) is 0. The molecule has 1 N–H and O–H groups in total. The predicted octanol–water partition coefficient (Wildman–Crippen LogP) is 1.97. The lowest BCUT2D eigenvalue weighted by Crippen LogP contribution is -2.18. The number of nitrogens with one attached hydrogen (secondary N) is 1. The number of rotatable bonds is 2. The number of nitrogens with zero attached hydrogens (tertiary/aromatic N) is 1. The maximum Gasteiger partial charge on any atom is 0.0627 e. The minimum atomic E-state index is 0.381. The Labute approximate surface area is 73.6 Å². The van der Waals surface area contributed by atoms with Gasteiger partial charge in [0.25, 0.3) is 0 Å². The molecule has 0 saturated carbocycles. The van der Waals surface area contributed by atoms with E-state index in [-0.39, 0.29) is 0 Å². The summed E-state index contributed by atoms with van der Waals surface area (Å²) in [6, 6.07) is 2.19. The Hall–Kier alpha value is -1.23. The van der Waals surface area contributed by atoms with Gasteiger partial charge in [-0.15, -0.1) is 0 Å². The molecular formula is C10H14N2. The summed E-state index contributed by atoms with van der Waals surface area (Å²) in [6.07, 6.45) is 4.78. The van der Waals surface area contributed by atoms with E-state index in [9.17, 15) is 0 Å². The molecule has 1 heterocycles. The molecule has 0 fully saturated rings. The van der Waals surface area contributed by atoms with E-state index in [1.165, 1.54) is 11.1 Å². The van der Waals surface area contributed by atoms with Crippen LogP contribution in [-0.2, 0) is 0 Å². The highest BCUT2D eigenvalue weighted by Gasteiger charge is 2.09. The minimum absolute atomic E-state index is 0.381. The van der Waals surface area contributed by atoms with E-state index in [2.05, 4.69) is 31.3 Å². The van der Waals surface area contributed by atoms with Gasteiger partial charge in [0.15, 0.2) is 0 Å². The van der Waals surface area contributed by atoms with Gasteiger partial charge < -0.3 is 5.32 Å². The maximum absolute atomic E-state index is 8.52. The zero-order chi connectivity index (χ0) is 8.97. The van der Waals surface area contributed by atoms with Gasteiger partial charge >= 0.3 is 0 Å². The average Bonchev–Trinajstić information content (AvgIpc) is 2.05. The molecule has 0 aromatic heterocycles. The second kappa shape index (κ2) is 3.96. The fourth-order valence-electron chi connectivity index (χ4n) is 1.30. The number of nitriles is 1. The normalized spacial score (nSPS) is 18.4. The molecule has 1 rings (SSSR count). The number of dihydropyridines is 1. The fourth-order valence-corrected chi connectivity index (χ4v) is 1.30. The van der Waals surface area contributed by atoms with Crippen LogP contribution in [0.25, 0.3) is 0 Å². The van der Waals surface area contributed by atoms with Crippen molar-refractivity contribution in [3.05, 3.63) is 23.4 Å². The zero-order valence-electron chi connectivity index (χ0n) is 7.59. The Bertz CT molecular complexity index is 256. The molecule has 1 atom stereocenters. The van der Waals surface area contributed by atoms with Crippen molar-refractivity contribution in [2.45, 2.75) is 20.3 Å². The third-order valence-electron chi connectivity index (χ3n) is 2.08. The molecule has 12 heavy (non-hydrogen) atoms. The first kappa shape index (κ1) is 8.86. The van der Waals surface area contributed by atoms with Crippen molar-refractivity contribution in [2.75, 3.05) is 6.54 Å². The van der Waals surface area contributed by atoms with Crippen LogP contribution in [0, 0.1) is 17.2 Å². The SMILES string of the molecule is CC1=CNCC(C(C)CC#N)=C1. The molecule has 2 nitrogen and oxygen atoms in total. The number of allylic oxidation sites excluding steroid dienone is 2. The topological polar surface area (TPSA) is 35.8 Å². The van der Waals surface area contributed by atoms with Gasteiger partial charge in [0.05, 0.1) is 6.07 Å². The molecule has 0 aliphatic carbocycles. The van der Waals surface area contributed by atoms with E-state index in [1.807, 2.05) is 6.20 Å². The molecule has 1 aliphatic rings. The largest absolute Gasteiger partial charge is 0.387 e. The molecule has 0 radical (unpaired) electrons. The van der Waals surface area contributed by atoms with Crippen molar-refractivity contribution in [1.82, 2.24) is 5.32 Å². The summed E-state index contributed by atoms with van der Waals surface area (Å²) in [5.41, 5.74) is 2.57. The van der Waals surface area contributed by atoms with Crippen LogP contribution in [0.4, 0.5) is 0 Å². The Morgan fingerprint density at radius 1 is 1.75 bits per heavy atom. The van der Waals surface area contributed by atoms with Crippen LogP contribution < -0.4 is 5.32 Å². The summed E-state index contributed by atoms with van der Waals surface area (Å²) in [6.45, 7) is 5.04. The molecule has 0 aromatic carbocycles. The van der Waals surface area contributed by atoms with E-state index in [0.717, 1.165) is 6.54 Å². The van der Waals surface area contributed by atoms with Crippen LogP contribution in [0.5, 0.6) is 0 Å². The first-order valence-corrected chi connectivity index (χ1v) is 4.21. The third kappa shape index (κ3) is 2.13. The van der Waals surface area contributed by atoms with Crippen LogP contribution in [0.15, 0.2) is 23.4 Å². The first-order chi connectivity index (χ1) is 5.74. The molecule has 1 unspecified atom stereocenters. The summed E-state index contributed by atoms with van der Waals surface area (Å²) < 4.78 is 0. The Balaban J connectivity index is 2.63. The highest BCUT2D eigenvalue weighted by Crippen LogP contribution is 2.17. The average molecular weight is 162 g/mol. The van der Waals surface area contributed by atoms with Gasteiger partial charge in [0, 0.05) is 13.0 Å². The van der Waals surface area contributed by atoms with E-state index < -0.39 is 0 Å². The number of hydrogen-bond donors (Lipinski definition) is 1. The lowest BCUT2D eigenvalue weighted by atomic mass is 9.95. The highest BCUT2D eigenvalue weighted by molar-refractivity contribution is 5.27. The van der Waals surface area contributed by atoms with Gasteiger partial charge in [-0.1, -0.05) is 13.0 Å². The van der Waals surface area contributed by atoms with Crippen molar-refractivity contribution < 1.29 is 0 Å². The Morgan fingerprint density at radius 3 is 3.08 bits per heavy atom. The monoisotopic (exact) mass is 162 g/mol. The van der Waals surface area contributed by atoms with E-state index in [1.54, 1.807) is 0 Å². The molecule has 0 spiro atoms. The van der Waals surface area contributed by atoms with E-state index in [4.69, 9.17) is 5.26 Å². The first-order valence-electron chi connectivity index (χ1n) is 4.21. The van der Waals surface area contributed by atoms with Crippen LogP contribution in [0.1, 0.15) is 20.3 Å². The Kier molecular flexibility index (Phi) is 2.93. The van der Waals surface area contributed by atoms with Crippen LogP contribution in [0.3, 0.4) is 0 Å². The lowest BCUT2D eigenvalue weighted by molar-refractivity contribution is 0.660.